The number of halogens is 1. The van der Waals surface area contributed by atoms with Crippen molar-refractivity contribution in [2.75, 3.05) is 6.61 Å². The highest BCUT2D eigenvalue weighted by atomic mass is 79.9. The molecule has 1 heterocycles. The summed E-state index contributed by atoms with van der Waals surface area (Å²) in [6.45, 7) is 6.50. The van der Waals surface area contributed by atoms with Crippen LogP contribution in [-0.2, 0) is 21.4 Å². The molecule has 2 unspecified atom stereocenters. The van der Waals surface area contributed by atoms with Gasteiger partial charge in [-0.3, -0.25) is 0 Å². The minimum atomic E-state index is -0.496. The van der Waals surface area contributed by atoms with Crippen LogP contribution in [0.2, 0.25) is 0 Å². The molecule has 1 fully saturated rings. The SMILES string of the molecule is CC(C)(C)OC(=O)NC1(CCC2CO2)CCc2c(Br)cccc21. The molecule has 2 atom stereocenters. The number of nitrogens with one attached hydrogen (secondary N) is 1. The van der Waals surface area contributed by atoms with E-state index in [1.165, 1.54) is 11.1 Å². The van der Waals surface area contributed by atoms with Crippen molar-refractivity contribution >= 4 is 22.0 Å². The van der Waals surface area contributed by atoms with Crippen molar-refractivity contribution in [1.29, 1.82) is 0 Å². The Bertz CT molecular complexity index is 607. The third kappa shape index (κ3) is 3.89. The Labute approximate surface area is 146 Å². The fourth-order valence-electron chi connectivity index (χ4n) is 3.33. The number of ether oxygens (including phenoxy) is 2. The molecule has 23 heavy (non-hydrogen) atoms. The fraction of sp³-hybridized carbons (Fsp3) is 0.611. The average Bonchev–Trinajstić information content (AvgIpc) is 3.19. The highest BCUT2D eigenvalue weighted by Crippen LogP contribution is 2.44. The number of epoxide rings is 1. The molecule has 1 N–H and O–H groups in total. The molecule has 0 spiro atoms. The van der Waals surface area contributed by atoms with E-state index in [4.69, 9.17) is 9.47 Å². The fourth-order valence-corrected chi connectivity index (χ4v) is 3.89. The van der Waals surface area contributed by atoms with Crippen LogP contribution in [0.1, 0.15) is 51.2 Å². The minimum absolute atomic E-state index is 0.345. The number of alkyl carbamates (subject to hydrolysis) is 1. The van der Waals surface area contributed by atoms with Crippen molar-refractivity contribution in [3.63, 3.8) is 0 Å². The van der Waals surface area contributed by atoms with Gasteiger partial charge in [-0.1, -0.05) is 28.1 Å². The summed E-state index contributed by atoms with van der Waals surface area (Å²) < 4.78 is 12.0. The van der Waals surface area contributed by atoms with Crippen molar-refractivity contribution in [3.8, 4) is 0 Å². The lowest BCUT2D eigenvalue weighted by atomic mass is 9.86. The topological polar surface area (TPSA) is 50.9 Å². The van der Waals surface area contributed by atoms with E-state index in [2.05, 4.69) is 33.4 Å². The number of rotatable bonds is 4. The molecule has 0 bridgehead atoms. The molecule has 3 rings (SSSR count). The van der Waals surface area contributed by atoms with Gasteiger partial charge in [-0.25, -0.2) is 4.79 Å². The summed E-state index contributed by atoms with van der Waals surface area (Å²) in [4.78, 5) is 12.4. The van der Waals surface area contributed by atoms with Crippen molar-refractivity contribution in [2.24, 2.45) is 0 Å². The van der Waals surface area contributed by atoms with E-state index in [1.807, 2.05) is 26.8 Å². The van der Waals surface area contributed by atoms with Gasteiger partial charge in [0.15, 0.2) is 0 Å². The Hall–Kier alpha value is -1.07. The largest absolute Gasteiger partial charge is 0.444 e. The molecule has 1 aliphatic carbocycles. The molecule has 4 nitrogen and oxygen atoms in total. The second-order valence-corrected chi connectivity index (χ2v) is 8.32. The standard InChI is InChI=1S/C18H24BrNO3/c1-17(2,3)23-16(21)20-18(9-7-12-11-22-12)10-8-13-14(18)5-4-6-15(13)19/h4-6,12H,7-11H2,1-3H3,(H,20,21). The van der Waals surface area contributed by atoms with E-state index in [0.29, 0.717) is 6.10 Å². The number of carbonyl (C=O) groups excluding carboxylic acids is 1. The van der Waals surface area contributed by atoms with E-state index >= 15 is 0 Å². The summed E-state index contributed by atoms with van der Waals surface area (Å²) >= 11 is 3.64. The third-order valence-electron chi connectivity index (χ3n) is 4.47. The molecule has 1 amide bonds. The van der Waals surface area contributed by atoms with Gasteiger partial charge in [-0.2, -0.15) is 0 Å². The van der Waals surface area contributed by atoms with Gasteiger partial charge in [0.05, 0.1) is 18.2 Å². The number of fused-ring (bicyclic) bond motifs is 1. The Morgan fingerprint density at radius 2 is 2.22 bits per heavy atom. The van der Waals surface area contributed by atoms with Crippen molar-refractivity contribution in [1.82, 2.24) is 5.32 Å². The second kappa shape index (κ2) is 6.10. The smallest absolute Gasteiger partial charge is 0.408 e. The lowest BCUT2D eigenvalue weighted by Crippen LogP contribution is -2.46. The highest BCUT2D eigenvalue weighted by molar-refractivity contribution is 9.10. The molecule has 1 aromatic carbocycles. The first-order chi connectivity index (χ1) is 10.8. The summed E-state index contributed by atoms with van der Waals surface area (Å²) in [5.41, 5.74) is 1.65. The van der Waals surface area contributed by atoms with Crippen LogP contribution >= 0.6 is 15.9 Å². The zero-order chi connectivity index (χ0) is 16.7. The number of hydrogen-bond acceptors (Lipinski definition) is 3. The average molecular weight is 382 g/mol. The summed E-state index contributed by atoms with van der Waals surface area (Å²) in [6, 6.07) is 6.22. The van der Waals surface area contributed by atoms with Gasteiger partial charge in [0.2, 0.25) is 0 Å². The first-order valence-electron chi connectivity index (χ1n) is 8.20. The molecule has 2 aliphatic rings. The Balaban J connectivity index is 1.84. The van der Waals surface area contributed by atoms with E-state index in [9.17, 15) is 4.79 Å². The minimum Gasteiger partial charge on any atom is -0.444 e. The van der Waals surface area contributed by atoms with E-state index in [1.54, 1.807) is 0 Å². The summed E-state index contributed by atoms with van der Waals surface area (Å²) in [6.07, 6.45) is 3.70. The van der Waals surface area contributed by atoms with Gasteiger partial charge in [0, 0.05) is 4.47 Å². The molecule has 1 saturated heterocycles. The summed E-state index contributed by atoms with van der Waals surface area (Å²) in [5, 5.41) is 3.18. The van der Waals surface area contributed by atoms with Crippen LogP contribution in [0.25, 0.3) is 0 Å². The van der Waals surface area contributed by atoms with Crippen LogP contribution in [0, 0.1) is 0 Å². The monoisotopic (exact) mass is 381 g/mol. The molecule has 0 aromatic heterocycles. The van der Waals surface area contributed by atoms with Crippen LogP contribution in [0.15, 0.2) is 22.7 Å². The van der Waals surface area contributed by atoms with E-state index in [0.717, 1.165) is 36.8 Å². The van der Waals surface area contributed by atoms with Crippen LogP contribution in [0.4, 0.5) is 4.79 Å². The maximum atomic E-state index is 12.4. The molecular weight excluding hydrogens is 358 g/mol. The molecular formula is C18H24BrNO3. The van der Waals surface area contributed by atoms with Gasteiger partial charge < -0.3 is 14.8 Å². The van der Waals surface area contributed by atoms with Gasteiger partial charge >= 0.3 is 6.09 Å². The van der Waals surface area contributed by atoms with Crippen LogP contribution in [0.3, 0.4) is 0 Å². The van der Waals surface area contributed by atoms with Gasteiger partial charge in [-0.05, 0) is 63.6 Å². The number of hydrogen-bond donors (Lipinski definition) is 1. The van der Waals surface area contributed by atoms with Gasteiger partial charge in [0.1, 0.15) is 5.60 Å². The zero-order valence-corrected chi connectivity index (χ0v) is 15.5. The lowest BCUT2D eigenvalue weighted by Gasteiger charge is -2.33. The normalized spacial score (nSPS) is 25.8. The third-order valence-corrected chi connectivity index (χ3v) is 5.21. The van der Waals surface area contributed by atoms with Crippen LogP contribution in [-0.4, -0.2) is 24.4 Å². The Morgan fingerprint density at radius 1 is 1.48 bits per heavy atom. The van der Waals surface area contributed by atoms with Crippen molar-refractivity contribution < 1.29 is 14.3 Å². The quantitative estimate of drug-likeness (QED) is 0.791. The molecule has 0 radical (unpaired) electrons. The van der Waals surface area contributed by atoms with Crippen molar-refractivity contribution in [2.45, 2.75) is 63.7 Å². The lowest BCUT2D eigenvalue weighted by molar-refractivity contribution is 0.0441. The number of benzene rings is 1. The maximum absolute atomic E-state index is 12.4. The van der Waals surface area contributed by atoms with Gasteiger partial charge in [0.25, 0.3) is 0 Å². The first kappa shape index (κ1) is 16.8. The second-order valence-electron chi connectivity index (χ2n) is 7.47. The summed E-state index contributed by atoms with van der Waals surface area (Å²) in [7, 11) is 0. The molecule has 1 aliphatic heterocycles. The maximum Gasteiger partial charge on any atom is 0.408 e. The van der Waals surface area contributed by atoms with E-state index < -0.39 is 5.60 Å². The van der Waals surface area contributed by atoms with Crippen LogP contribution < -0.4 is 5.32 Å². The van der Waals surface area contributed by atoms with Crippen molar-refractivity contribution in [3.05, 3.63) is 33.8 Å². The molecule has 0 saturated carbocycles. The molecule has 5 heteroatoms. The Morgan fingerprint density at radius 3 is 2.87 bits per heavy atom. The Kier molecular flexibility index (Phi) is 4.45. The predicted octanol–water partition coefficient (Wildman–Crippen LogP) is 4.29. The zero-order valence-electron chi connectivity index (χ0n) is 13.9. The number of amides is 1. The highest BCUT2D eigenvalue weighted by Gasteiger charge is 2.42. The summed E-state index contributed by atoms with van der Waals surface area (Å²) in [5.74, 6) is 0. The predicted molar refractivity (Wildman–Crippen MR) is 92.5 cm³/mol. The van der Waals surface area contributed by atoms with Gasteiger partial charge in [-0.15, -0.1) is 0 Å². The van der Waals surface area contributed by atoms with E-state index in [-0.39, 0.29) is 11.6 Å². The van der Waals surface area contributed by atoms with Crippen LogP contribution in [0.5, 0.6) is 0 Å². The first-order valence-corrected chi connectivity index (χ1v) is 8.99. The molecule has 126 valence electrons. The number of carbonyl (C=O) groups is 1. The molecule has 1 aromatic rings.